The van der Waals surface area contributed by atoms with Crippen molar-refractivity contribution in [2.45, 2.75) is 19.6 Å². The summed E-state index contributed by atoms with van der Waals surface area (Å²) in [7, 11) is 0. The molecule has 0 fully saturated rings. The van der Waals surface area contributed by atoms with Crippen LogP contribution in [0.5, 0.6) is 11.5 Å². The summed E-state index contributed by atoms with van der Waals surface area (Å²) >= 11 is 0. The number of rotatable bonds is 4. The van der Waals surface area contributed by atoms with Crippen LogP contribution in [0.1, 0.15) is 12.0 Å². The highest BCUT2D eigenvalue weighted by Gasteiger charge is 2.14. The minimum absolute atomic E-state index is 0.145. The van der Waals surface area contributed by atoms with Crippen LogP contribution in [0.4, 0.5) is 0 Å². The van der Waals surface area contributed by atoms with E-state index in [9.17, 15) is 4.79 Å². The Labute approximate surface area is 123 Å². The lowest BCUT2D eigenvalue weighted by molar-refractivity contribution is -0.145. The summed E-state index contributed by atoms with van der Waals surface area (Å²) in [4.78, 5) is 11.8. The molecule has 1 aliphatic rings. The van der Waals surface area contributed by atoms with Crippen molar-refractivity contribution in [2.75, 3.05) is 13.2 Å². The third-order valence-electron chi connectivity index (χ3n) is 3.17. The van der Waals surface area contributed by atoms with Crippen molar-refractivity contribution in [3.8, 4) is 11.5 Å². The molecular formula is C16H17NO4. The van der Waals surface area contributed by atoms with Crippen LogP contribution in [0, 0.1) is 0 Å². The first-order valence-corrected chi connectivity index (χ1v) is 6.96. The fourth-order valence-electron chi connectivity index (χ4n) is 2.13. The molecule has 5 nitrogen and oxygen atoms in total. The number of carbonyl (C=O) groups excluding carboxylic acids is 1. The fourth-order valence-corrected chi connectivity index (χ4v) is 2.13. The Morgan fingerprint density at radius 3 is 2.43 bits per heavy atom. The molecule has 0 N–H and O–H groups in total. The number of esters is 1. The van der Waals surface area contributed by atoms with Gasteiger partial charge < -0.3 is 18.8 Å². The van der Waals surface area contributed by atoms with Crippen LogP contribution >= 0.6 is 0 Å². The van der Waals surface area contributed by atoms with Gasteiger partial charge in [0.1, 0.15) is 13.2 Å². The van der Waals surface area contributed by atoms with Crippen molar-refractivity contribution >= 4 is 5.97 Å². The standard InChI is InChI=1S/C16H17NO4/c18-16(21-12-13-5-2-1-3-6-13)11-17-9-14-15(10-17)20-8-4-7-19-14/h1-3,5-6,9-10H,4,7-8,11-12H2. The molecule has 2 heterocycles. The Balaban J connectivity index is 1.55. The number of carbonyl (C=O) groups is 1. The van der Waals surface area contributed by atoms with E-state index >= 15 is 0 Å². The molecule has 1 aliphatic heterocycles. The predicted octanol–water partition coefficient (Wildman–Crippen LogP) is 2.39. The van der Waals surface area contributed by atoms with Crippen molar-refractivity contribution in [3.63, 3.8) is 0 Å². The van der Waals surface area contributed by atoms with Crippen molar-refractivity contribution in [1.82, 2.24) is 4.57 Å². The van der Waals surface area contributed by atoms with E-state index in [-0.39, 0.29) is 19.1 Å². The average Bonchev–Trinajstić information content (AvgIpc) is 2.75. The molecule has 0 amide bonds. The van der Waals surface area contributed by atoms with E-state index in [0.717, 1.165) is 12.0 Å². The van der Waals surface area contributed by atoms with E-state index in [4.69, 9.17) is 14.2 Å². The Bertz CT molecular complexity index is 582. The SMILES string of the molecule is O=C(Cn1cc2c(c1)OCCCO2)OCc1ccccc1. The summed E-state index contributed by atoms with van der Waals surface area (Å²) in [5.74, 6) is 1.08. The van der Waals surface area contributed by atoms with Gasteiger partial charge in [0.25, 0.3) is 0 Å². The molecule has 0 atom stereocenters. The van der Waals surface area contributed by atoms with E-state index in [0.29, 0.717) is 24.7 Å². The minimum Gasteiger partial charge on any atom is -0.488 e. The molecule has 0 bridgehead atoms. The topological polar surface area (TPSA) is 49.7 Å². The zero-order chi connectivity index (χ0) is 14.5. The molecule has 5 heteroatoms. The van der Waals surface area contributed by atoms with E-state index < -0.39 is 0 Å². The van der Waals surface area contributed by atoms with Gasteiger partial charge in [0.05, 0.1) is 25.6 Å². The lowest BCUT2D eigenvalue weighted by Crippen LogP contribution is -2.12. The molecular weight excluding hydrogens is 270 g/mol. The second-order valence-corrected chi connectivity index (χ2v) is 4.86. The van der Waals surface area contributed by atoms with E-state index in [2.05, 4.69) is 0 Å². The first-order valence-electron chi connectivity index (χ1n) is 6.96. The predicted molar refractivity (Wildman–Crippen MR) is 76.3 cm³/mol. The molecule has 0 saturated carbocycles. The third kappa shape index (κ3) is 3.56. The first kappa shape index (κ1) is 13.5. The number of benzene rings is 1. The quantitative estimate of drug-likeness (QED) is 0.810. The number of fused-ring (bicyclic) bond motifs is 1. The van der Waals surface area contributed by atoms with E-state index in [1.807, 2.05) is 30.3 Å². The Morgan fingerprint density at radius 1 is 1.10 bits per heavy atom. The van der Waals surface area contributed by atoms with Crippen LogP contribution in [0.25, 0.3) is 0 Å². The highest BCUT2D eigenvalue weighted by atomic mass is 16.5. The van der Waals surface area contributed by atoms with Crippen molar-refractivity contribution in [3.05, 3.63) is 48.3 Å². The first-order chi connectivity index (χ1) is 10.3. The van der Waals surface area contributed by atoms with Gasteiger partial charge in [-0.3, -0.25) is 4.79 Å². The van der Waals surface area contributed by atoms with Gasteiger partial charge in [0, 0.05) is 6.42 Å². The molecule has 1 aromatic heterocycles. The number of hydrogen-bond acceptors (Lipinski definition) is 4. The van der Waals surface area contributed by atoms with Gasteiger partial charge in [0.15, 0.2) is 11.5 Å². The van der Waals surface area contributed by atoms with Crippen LogP contribution in [-0.2, 0) is 22.7 Å². The summed E-state index contributed by atoms with van der Waals surface area (Å²) in [6.07, 6.45) is 4.41. The molecule has 0 saturated heterocycles. The highest BCUT2D eigenvalue weighted by Crippen LogP contribution is 2.30. The molecule has 110 valence electrons. The van der Waals surface area contributed by atoms with Crippen LogP contribution in [0.15, 0.2) is 42.7 Å². The smallest absolute Gasteiger partial charge is 0.326 e. The van der Waals surface area contributed by atoms with Crippen LogP contribution in [0.3, 0.4) is 0 Å². The maximum absolute atomic E-state index is 11.8. The normalized spacial score (nSPS) is 13.5. The summed E-state index contributed by atoms with van der Waals surface area (Å²) in [6, 6.07) is 9.61. The number of nitrogens with zero attached hydrogens (tertiary/aromatic N) is 1. The zero-order valence-corrected chi connectivity index (χ0v) is 11.7. The highest BCUT2D eigenvalue weighted by molar-refractivity contribution is 5.69. The van der Waals surface area contributed by atoms with E-state index in [1.54, 1.807) is 17.0 Å². The van der Waals surface area contributed by atoms with Gasteiger partial charge in [-0.15, -0.1) is 0 Å². The lowest BCUT2D eigenvalue weighted by atomic mass is 10.2. The number of ether oxygens (including phenoxy) is 3. The molecule has 1 aromatic carbocycles. The summed E-state index contributed by atoms with van der Waals surface area (Å²) in [6.45, 7) is 1.70. The van der Waals surface area contributed by atoms with Crippen LogP contribution in [0.2, 0.25) is 0 Å². The minimum atomic E-state index is -0.288. The number of hydrogen-bond donors (Lipinski definition) is 0. The van der Waals surface area contributed by atoms with Crippen LogP contribution < -0.4 is 9.47 Å². The maximum atomic E-state index is 11.8. The molecule has 0 radical (unpaired) electrons. The molecule has 0 aliphatic carbocycles. The van der Waals surface area contributed by atoms with Gasteiger partial charge in [0.2, 0.25) is 0 Å². The Hall–Kier alpha value is -2.43. The van der Waals surface area contributed by atoms with Crippen molar-refractivity contribution in [1.29, 1.82) is 0 Å². The van der Waals surface area contributed by atoms with Gasteiger partial charge in [-0.25, -0.2) is 0 Å². The zero-order valence-electron chi connectivity index (χ0n) is 11.7. The third-order valence-corrected chi connectivity index (χ3v) is 3.17. The molecule has 0 spiro atoms. The molecule has 2 aromatic rings. The van der Waals surface area contributed by atoms with Crippen LogP contribution in [-0.4, -0.2) is 23.8 Å². The number of aromatic nitrogens is 1. The second-order valence-electron chi connectivity index (χ2n) is 4.86. The van der Waals surface area contributed by atoms with Gasteiger partial charge in [-0.1, -0.05) is 30.3 Å². The van der Waals surface area contributed by atoms with Gasteiger partial charge >= 0.3 is 5.97 Å². The monoisotopic (exact) mass is 287 g/mol. The van der Waals surface area contributed by atoms with Crippen molar-refractivity contribution in [2.24, 2.45) is 0 Å². The fraction of sp³-hybridized carbons (Fsp3) is 0.312. The largest absolute Gasteiger partial charge is 0.488 e. The van der Waals surface area contributed by atoms with Crippen molar-refractivity contribution < 1.29 is 19.0 Å². The van der Waals surface area contributed by atoms with E-state index in [1.165, 1.54) is 0 Å². The molecule has 0 unspecified atom stereocenters. The van der Waals surface area contributed by atoms with Gasteiger partial charge in [-0.05, 0) is 5.56 Å². The van der Waals surface area contributed by atoms with Gasteiger partial charge in [-0.2, -0.15) is 0 Å². The summed E-state index contributed by atoms with van der Waals surface area (Å²) in [5, 5.41) is 0. The molecule has 21 heavy (non-hydrogen) atoms. The molecule has 3 rings (SSSR count). The lowest BCUT2D eigenvalue weighted by Gasteiger charge is -2.05. The summed E-state index contributed by atoms with van der Waals surface area (Å²) < 4.78 is 18.1. The maximum Gasteiger partial charge on any atom is 0.326 e. The summed E-state index contributed by atoms with van der Waals surface area (Å²) in [5.41, 5.74) is 0.973. The Kier molecular flexibility index (Phi) is 4.09. The Morgan fingerprint density at radius 2 is 1.76 bits per heavy atom. The average molecular weight is 287 g/mol. The second kappa shape index (κ2) is 6.35.